The fraction of sp³-hybridized carbons (Fsp3) is 0.500. The molecule has 0 radical (unpaired) electrons. The molecule has 1 N–H and O–H groups in total. The Bertz CT molecular complexity index is 617. The zero-order valence-corrected chi connectivity index (χ0v) is 14.1. The Morgan fingerprint density at radius 3 is 2.70 bits per heavy atom. The van der Waals surface area contributed by atoms with E-state index in [2.05, 4.69) is 5.32 Å². The fourth-order valence-corrected chi connectivity index (χ4v) is 3.54. The van der Waals surface area contributed by atoms with Crippen LogP contribution in [0.3, 0.4) is 0 Å². The highest BCUT2D eigenvalue weighted by Crippen LogP contribution is 2.29. The molecule has 1 unspecified atom stereocenters. The summed E-state index contributed by atoms with van der Waals surface area (Å²) in [6, 6.07) is 5.09. The predicted molar refractivity (Wildman–Crippen MR) is 88.8 cm³/mol. The molecular formula is C16H18Cl2N2O3. The maximum Gasteiger partial charge on any atom is 0.229 e. The molecule has 2 heterocycles. The van der Waals surface area contributed by atoms with Gasteiger partial charge in [0.05, 0.1) is 16.6 Å². The molecule has 23 heavy (non-hydrogen) atoms. The van der Waals surface area contributed by atoms with E-state index < -0.39 is 0 Å². The second kappa shape index (κ2) is 7.07. The zero-order chi connectivity index (χ0) is 16.4. The minimum atomic E-state index is -0.350. The normalized spacial score (nSPS) is 22.4. The third-order valence-electron chi connectivity index (χ3n) is 4.35. The molecule has 3 rings (SSSR count). The van der Waals surface area contributed by atoms with E-state index >= 15 is 0 Å². The monoisotopic (exact) mass is 356 g/mol. The third kappa shape index (κ3) is 3.79. The lowest BCUT2D eigenvalue weighted by Crippen LogP contribution is -2.41. The summed E-state index contributed by atoms with van der Waals surface area (Å²) in [5.41, 5.74) is 0.512. The van der Waals surface area contributed by atoms with E-state index in [1.165, 1.54) is 0 Å². The van der Waals surface area contributed by atoms with Crippen LogP contribution in [0.5, 0.6) is 0 Å². The predicted octanol–water partition coefficient (Wildman–Crippen LogP) is 2.96. The number of likely N-dealkylation sites (tertiary alicyclic amines) is 1. The van der Waals surface area contributed by atoms with Crippen LogP contribution < -0.4 is 5.32 Å². The van der Waals surface area contributed by atoms with Crippen molar-refractivity contribution in [1.82, 2.24) is 4.90 Å². The quantitative estimate of drug-likeness (QED) is 0.905. The van der Waals surface area contributed by atoms with Gasteiger partial charge in [0, 0.05) is 37.2 Å². The van der Waals surface area contributed by atoms with Gasteiger partial charge in [0.1, 0.15) is 0 Å². The molecule has 0 aromatic heterocycles. The topological polar surface area (TPSA) is 58.6 Å². The zero-order valence-electron chi connectivity index (χ0n) is 12.6. The van der Waals surface area contributed by atoms with Crippen LogP contribution in [0.4, 0.5) is 5.69 Å². The summed E-state index contributed by atoms with van der Waals surface area (Å²) >= 11 is 11.9. The molecule has 2 saturated heterocycles. The van der Waals surface area contributed by atoms with Gasteiger partial charge in [0.2, 0.25) is 11.8 Å². The summed E-state index contributed by atoms with van der Waals surface area (Å²) in [7, 11) is 0. The Morgan fingerprint density at radius 2 is 2.00 bits per heavy atom. The summed E-state index contributed by atoms with van der Waals surface area (Å²) < 4.78 is 5.33. The first-order chi connectivity index (χ1) is 11.0. The number of rotatable bonds is 3. The third-order valence-corrected chi connectivity index (χ3v) is 4.90. The van der Waals surface area contributed by atoms with E-state index in [-0.39, 0.29) is 30.2 Å². The fourth-order valence-electron chi connectivity index (χ4n) is 3.08. The van der Waals surface area contributed by atoms with E-state index in [1.807, 2.05) is 4.90 Å². The second-order valence-corrected chi connectivity index (χ2v) is 6.75. The summed E-state index contributed by atoms with van der Waals surface area (Å²) in [6.45, 7) is 1.80. The second-order valence-electron chi connectivity index (χ2n) is 5.90. The SMILES string of the molecule is O=C(Nc1ccc(Cl)cc1Cl)C1CC(=O)N(C2CCOCC2)C1. The molecule has 2 amide bonds. The molecule has 2 aliphatic rings. The van der Waals surface area contributed by atoms with Crippen molar-refractivity contribution < 1.29 is 14.3 Å². The number of amides is 2. The summed E-state index contributed by atoms with van der Waals surface area (Å²) in [5.74, 6) is -0.492. The molecule has 1 aromatic rings. The summed E-state index contributed by atoms with van der Waals surface area (Å²) in [6.07, 6.45) is 1.92. The Kier molecular flexibility index (Phi) is 5.09. The first-order valence-corrected chi connectivity index (χ1v) is 8.43. The van der Waals surface area contributed by atoms with Crippen molar-refractivity contribution in [2.45, 2.75) is 25.3 Å². The summed E-state index contributed by atoms with van der Waals surface area (Å²) in [4.78, 5) is 26.5. The Labute approximate surface area is 144 Å². The van der Waals surface area contributed by atoms with E-state index in [9.17, 15) is 9.59 Å². The number of ether oxygens (including phenoxy) is 1. The number of benzene rings is 1. The van der Waals surface area contributed by atoms with Gasteiger partial charge in [-0.1, -0.05) is 23.2 Å². The number of nitrogens with one attached hydrogen (secondary N) is 1. The lowest BCUT2D eigenvalue weighted by Gasteiger charge is -2.31. The number of carbonyl (C=O) groups is 2. The Morgan fingerprint density at radius 1 is 1.26 bits per heavy atom. The van der Waals surface area contributed by atoms with Gasteiger partial charge in [-0.15, -0.1) is 0 Å². The highest BCUT2D eigenvalue weighted by molar-refractivity contribution is 6.36. The highest BCUT2D eigenvalue weighted by atomic mass is 35.5. The summed E-state index contributed by atoms with van der Waals surface area (Å²) in [5, 5.41) is 3.68. The van der Waals surface area contributed by atoms with Gasteiger partial charge in [-0.05, 0) is 31.0 Å². The van der Waals surface area contributed by atoms with E-state index in [0.717, 1.165) is 12.8 Å². The largest absolute Gasteiger partial charge is 0.381 e. The van der Waals surface area contributed by atoms with Crippen LogP contribution in [0.2, 0.25) is 10.0 Å². The molecule has 1 aromatic carbocycles. The minimum Gasteiger partial charge on any atom is -0.381 e. The molecule has 0 spiro atoms. The van der Waals surface area contributed by atoms with Gasteiger partial charge in [-0.2, -0.15) is 0 Å². The van der Waals surface area contributed by atoms with Crippen LogP contribution in [0.1, 0.15) is 19.3 Å². The van der Waals surface area contributed by atoms with Crippen LogP contribution in [0.15, 0.2) is 18.2 Å². The maximum atomic E-state index is 12.4. The number of anilines is 1. The van der Waals surface area contributed by atoms with Crippen LogP contribution in [0, 0.1) is 5.92 Å². The van der Waals surface area contributed by atoms with Crippen molar-refractivity contribution in [3.8, 4) is 0 Å². The van der Waals surface area contributed by atoms with Gasteiger partial charge in [-0.3, -0.25) is 9.59 Å². The van der Waals surface area contributed by atoms with Crippen molar-refractivity contribution in [2.75, 3.05) is 25.1 Å². The molecule has 0 bridgehead atoms. The Balaban J connectivity index is 1.63. The molecule has 7 heteroatoms. The number of halogens is 2. The van der Waals surface area contributed by atoms with Crippen molar-refractivity contribution >= 4 is 40.7 Å². The van der Waals surface area contributed by atoms with Crippen molar-refractivity contribution in [3.63, 3.8) is 0 Å². The average molecular weight is 357 g/mol. The molecule has 5 nitrogen and oxygen atoms in total. The molecule has 2 fully saturated rings. The van der Waals surface area contributed by atoms with Crippen LogP contribution in [-0.4, -0.2) is 42.5 Å². The average Bonchev–Trinajstić information content (AvgIpc) is 2.93. The van der Waals surface area contributed by atoms with Gasteiger partial charge >= 0.3 is 0 Å². The van der Waals surface area contributed by atoms with Crippen molar-refractivity contribution in [2.24, 2.45) is 5.92 Å². The van der Waals surface area contributed by atoms with Gasteiger partial charge in [0.15, 0.2) is 0 Å². The first-order valence-electron chi connectivity index (χ1n) is 7.67. The van der Waals surface area contributed by atoms with Crippen molar-refractivity contribution in [1.29, 1.82) is 0 Å². The highest BCUT2D eigenvalue weighted by Gasteiger charge is 2.38. The van der Waals surface area contributed by atoms with E-state index in [0.29, 0.717) is 35.5 Å². The molecular weight excluding hydrogens is 339 g/mol. The molecule has 1 atom stereocenters. The number of hydrogen-bond acceptors (Lipinski definition) is 3. The van der Waals surface area contributed by atoms with Crippen LogP contribution in [-0.2, 0) is 14.3 Å². The van der Waals surface area contributed by atoms with Gasteiger partial charge in [0.25, 0.3) is 0 Å². The molecule has 124 valence electrons. The van der Waals surface area contributed by atoms with Crippen LogP contribution in [0.25, 0.3) is 0 Å². The number of hydrogen-bond donors (Lipinski definition) is 1. The van der Waals surface area contributed by atoms with Gasteiger partial charge < -0.3 is 15.0 Å². The number of nitrogens with zero attached hydrogens (tertiary/aromatic N) is 1. The van der Waals surface area contributed by atoms with Gasteiger partial charge in [-0.25, -0.2) is 0 Å². The molecule has 0 saturated carbocycles. The minimum absolute atomic E-state index is 0.0410. The van der Waals surface area contributed by atoms with E-state index in [1.54, 1.807) is 18.2 Å². The van der Waals surface area contributed by atoms with Crippen LogP contribution >= 0.6 is 23.2 Å². The lowest BCUT2D eigenvalue weighted by atomic mass is 10.1. The lowest BCUT2D eigenvalue weighted by molar-refractivity contribution is -0.131. The Hall–Kier alpha value is -1.30. The maximum absolute atomic E-state index is 12.4. The smallest absolute Gasteiger partial charge is 0.229 e. The molecule has 0 aliphatic carbocycles. The standard InChI is InChI=1S/C16H18Cl2N2O3/c17-11-1-2-14(13(18)8-11)19-16(22)10-7-15(21)20(9-10)12-3-5-23-6-4-12/h1-2,8,10,12H,3-7,9H2,(H,19,22). The first kappa shape index (κ1) is 16.6. The van der Waals surface area contributed by atoms with Crippen molar-refractivity contribution in [3.05, 3.63) is 28.2 Å². The molecule has 2 aliphatic heterocycles. The van der Waals surface area contributed by atoms with E-state index in [4.69, 9.17) is 27.9 Å². The number of carbonyl (C=O) groups excluding carboxylic acids is 2.